The van der Waals surface area contributed by atoms with Crippen LogP contribution < -0.4 is 22.1 Å². The zero-order valence-corrected chi connectivity index (χ0v) is 22.9. The van der Waals surface area contributed by atoms with Crippen LogP contribution in [-0.2, 0) is 13.0 Å². The molecule has 200 valence electrons. The SMILES string of the molecule is CCc1[nH]c2nc(Sc3cnc4c(N)nc(CN5CCC(N)CC5)nc4c3)nc(N3CC[C@@H](N)C3)c2c1Cl. The first-order chi connectivity index (χ1) is 18.4. The Hall–Kier alpha value is -2.77. The number of nitrogen functional groups attached to an aromatic ring is 1. The van der Waals surface area contributed by atoms with E-state index in [-0.39, 0.29) is 12.1 Å². The molecule has 6 heterocycles. The molecule has 38 heavy (non-hydrogen) atoms. The Morgan fingerprint density at radius 1 is 1.08 bits per heavy atom. The van der Waals surface area contributed by atoms with Gasteiger partial charge in [0, 0.05) is 55.0 Å². The zero-order valence-electron chi connectivity index (χ0n) is 21.3. The summed E-state index contributed by atoms with van der Waals surface area (Å²) in [5, 5.41) is 2.13. The molecule has 2 aliphatic heterocycles. The maximum atomic E-state index is 6.74. The number of aryl methyl sites for hydroxylation is 1. The van der Waals surface area contributed by atoms with E-state index in [4.69, 9.17) is 43.8 Å². The summed E-state index contributed by atoms with van der Waals surface area (Å²) in [6.45, 7) is 6.14. The Kier molecular flexibility index (Phi) is 6.99. The lowest BCUT2D eigenvalue weighted by Gasteiger charge is -2.29. The van der Waals surface area contributed by atoms with E-state index in [1.165, 1.54) is 11.8 Å². The largest absolute Gasteiger partial charge is 0.382 e. The fraction of sp³-hybridized carbons (Fsp3) is 0.480. The molecule has 0 amide bonds. The normalized spacial score (nSPS) is 19.3. The molecule has 7 N–H and O–H groups in total. The van der Waals surface area contributed by atoms with Crippen molar-refractivity contribution in [2.75, 3.05) is 36.8 Å². The maximum absolute atomic E-state index is 6.74. The minimum absolute atomic E-state index is 0.116. The zero-order chi connectivity index (χ0) is 26.4. The summed E-state index contributed by atoms with van der Waals surface area (Å²) in [6.07, 6.45) is 5.41. The molecule has 6 rings (SSSR count). The number of pyridine rings is 1. The summed E-state index contributed by atoms with van der Waals surface area (Å²) >= 11 is 8.17. The van der Waals surface area contributed by atoms with E-state index in [0.717, 1.165) is 79.3 Å². The van der Waals surface area contributed by atoms with Crippen LogP contribution in [0, 0.1) is 0 Å². The first-order valence-corrected chi connectivity index (χ1v) is 14.2. The molecular formula is C25H32ClN11S. The summed E-state index contributed by atoms with van der Waals surface area (Å²) in [5.74, 6) is 1.89. The summed E-state index contributed by atoms with van der Waals surface area (Å²) in [4.78, 5) is 32.4. The van der Waals surface area contributed by atoms with Crippen LogP contribution >= 0.6 is 23.4 Å². The monoisotopic (exact) mass is 553 g/mol. The lowest BCUT2D eigenvalue weighted by Crippen LogP contribution is -2.39. The number of halogens is 1. The third-order valence-electron chi connectivity index (χ3n) is 7.29. The minimum Gasteiger partial charge on any atom is -0.382 e. The highest BCUT2D eigenvalue weighted by Gasteiger charge is 2.26. The molecule has 11 nitrogen and oxygen atoms in total. The molecule has 2 aliphatic rings. The van der Waals surface area contributed by atoms with Crippen LogP contribution in [0.2, 0.25) is 5.02 Å². The van der Waals surface area contributed by atoms with Gasteiger partial charge in [-0.3, -0.25) is 4.90 Å². The van der Waals surface area contributed by atoms with E-state index in [0.29, 0.717) is 39.4 Å². The molecular weight excluding hydrogens is 522 g/mol. The van der Waals surface area contributed by atoms with E-state index in [2.05, 4.69) is 31.7 Å². The molecule has 13 heteroatoms. The van der Waals surface area contributed by atoms with Crippen molar-refractivity contribution in [3.05, 3.63) is 28.8 Å². The van der Waals surface area contributed by atoms with Crippen molar-refractivity contribution in [1.29, 1.82) is 0 Å². The van der Waals surface area contributed by atoms with Crippen LogP contribution in [0.15, 0.2) is 22.3 Å². The van der Waals surface area contributed by atoms with Gasteiger partial charge in [-0.2, -0.15) is 0 Å². The number of nitrogens with zero attached hydrogens (tertiary/aromatic N) is 7. The molecule has 0 unspecified atom stereocenters. The molecule has 0 aliphatic carbocycles. The van der Waals surface area contributed by atoms with E-state index in [9.17, 15) is 0 Å². The van der Waals surface area contributed by atoms with Gasteiger partial charge in [-0.25, -0.2) is 24.9 Å². The highest BCUT2D eigenvalue weighted by molar-refractivity contribution is 7.99. The topological polar surface area (TPSA) is 165 Å². The average molecular weight is 554 g/mol. The Bertz CT molecular complexity index is 1480. The average Bonchev–Trinajstić information content (AvgIpc) is 3.47. The molecule has 4 aromatic rings. The van der Waals surface area contributed by atoms with Gasteiger partial charge in [-0.15, -0.1) is 0 Å². The van der Waals surface area contributed by atoms with Crippen LogP contribution in [0.1, 0.15) is 37.7 Å². The number of aromatic nitrogens is 6. The van der Waals surface area contributed by atoms with E-state index < -0.39 is 0 Å². The Balaban J connectivity index is 1.32. The summed E-state index contributed by atoms with van der Waals surface area (Å²) in [7, 11) is 0. The number of fused-ring (bicyclic) bond motifs is 2. The molecule has 0 saturated carbocycles. The van der Waals surface area contributed by atoms with Crippen LogP contribution in [0.4, 0.5) is 11.6 Å². The van der Waals surface area contributed by atoms with E-state index >= 15 is 0 Å². The number of nitrogens with two attached hydrogens (primary N) is 3. The molecule has 0 bridgehead atoms. The number of aromatic amines is 1. The second-order valence-electron chi connectivity index (χ2n) is 10.1. The summed E-state index contributed by atoms with van der Waals surface area (Å²) < 4.78 is 0. The van der Waals surface area contributed by atoms with Crippen molar-refractivity contribution < 1.29 is 0 Å². The van der Waals surface area contributed by atoms with Crippen molar-refractivity contribution in [2.24, 2.45) is 11.5 Å². The standard InChI is InChI=1S/C25H32ClN11S/c1-2-16-20(26)19-23(32-16)34-25(35-24(19)37-8-5-14(28)11-37)38-15-9-17-21(30-10-15)22(29)33-18(31-17)12-36-6-3-13(27)4-7-36/h9-10,13-14H,2-8,11-12,27-28H2,1H3,(H2,29,31,33)(H,32,34,35)/t14-/m1/s1. The van der Waals surface area contributed by atoms with Gasteiger partial charge in [0.1, 0.15) is 22.8 Å². The number of nitrogens with one attached hydrogen (secondary N) is 1. The number of piperidine rings is 1. The van der Waals surface area contributed by atoms with Crippen LogP contribution in [0.3, 0.4) is 0 Å². The highest BCUT2D eigenvalue weighted by Crippen LogP contribution is 2.37. The number of likely N-dealkylation sites (tertiary alicyclic amines) is 1. The van der Waals surface area contributed by atoms with Crippen molar-refractivity contribution in [2.45, 2.75) is 61.3 Å². The Morgan fingerprint density at radius 2 is 1.87 bits per heavy atom. The van der Waals surface area contributed by atoms with Crippen molar-refractivity contribution in [1.82, 2.24) is 34.8 Å². The van der Waals surface area contributed by atoms with Gasteiger partial charge in [0.15, 0.2) is 11.0 Å². The first-order valence-electron chi connectivity index (χ1n) is 13.0. The maximum Gasteiger partial charge on any atom is 0.196 e. The molecule has 0 aromatic carbocycles. The molecule has 1 atom stereocenters. The second kappa shape index (κ2) is 10.4. The van der Waals surface area contributed by atoms with Gasteiger partial charge in [0.2, 0.25) is 0 Å². The number of hydrogen-bond acceptors (Lipinski definition) is 11. The van der Waals surface area contributed by atoms with Gasteiger partial charge in [0.25, 0.3) is 0 Å². The van der Waals surface area contributed by atoms with Gasteiger partial charge >= 0.3 is 0 Å². The quantitative estimate of drug-likeness (QED) is 0.259. The molecule has 4 aromatic heterocycles. The molecule has 2 fully saturated rings. The van der Waals surface area contributed by atoms with Crippen LogP contribution in [0.5, 0.6) is 0 Å². The third-order valence-corrected chi connectivity index (χ3v) is 8.53. The smallest absolute Gasteiger partial charge is 0.196 e. The van der Waals surface area contributed by atoms with Crippen LogP contribution in [-0.4, -0.2) is 73.1 Å². The van der Waals surface area contributed by atoms with Crippen molar-refractivity contribution in [3.63, 3.8) is 0 Å². The van der Waals surface area contributed by atoms with Crippen molar-refractivity contribution >= 4 is 57.1 Å². The number of anilines is 2. The molecule has 0 radical (unpaired) electrons. The van der Waals surface area contributed by atoms with E-state index in [1.807, 2.05) is 6.07 Å². The predicted octanol–water partition coefficient (Wildman–Crippen LogP) is 2.71. The van der Waals surface area contributed by atoms with Gasteiger partial charge < -0.3 is 27.1 Å². The minimum atomic E-state index is 0.116. The van der Waals surface area contributed by atoms with Gasteiger partial charge in [-0.1, -0.05) is 18.5 Å². The first kappa shape index (κ1) is 25.5. The van der Waals surface area contributed by atoms with Gasteiger partial charge in [0.05, 0.1) is 22.5 Å². The lowest BCUT2D eigenvalue weighted by molar-refractivity contribution is 0.201. The molecule has 2 saturated heterocycles. The fourth-order valence-electron chi connectivity index (χ4n) is 5.18. The Morgan fingerprint density at radius 3 is 2.61 bits per heavy atom. The Labute approximate surface area is 229 Å². The molecule has 0 spiro atoms. The van der Waals surface area contributed by atoms with Crippen molar-refractivity contribution in [3.8, 4) is 0 Å². The summed E-state index contributed by atoms with van der Waals surface area (Å²) in [5.41, 5.74) is 21.5. The fourth-order valence-corrected chi connectivity index (χ4v) is 6.29. The van der Waals surface area contributed by atoms with Crippen LogP contribution in [0.25, 0.3) is 22.1 Å². The predicted molar refractivity (Wildman–Crippen MR) is 151 cm³/mol. The second-order valence-corrected chi connectivity index (χ2v) is 11.5. The third kappa shape index (κ3) is 4.98. The van der Waals surface area contributed by atoms with Gasteiger partial charge in [-0.05, 0) is 43.5 Å². The highest BCUT2D eigenvalue weighted by atomic mass is 35.5. The lowest BCUT2D eigenvalue weighted by atomic mass is 10.1. The van der Waals surface area contributed by atoms with E-state index in [1.54, 1.807) is 6.20 Å². The summed E-state index contributed by atoms with van der Waals surface area (Å²) in [6, 6.07) is 2.36. The number of hydrogen-bond donors (Lipinski definition) is 4. The number of rotatable bonds is 6. The number of H-pyrrole nitrogens is 1.